The normalized spacial score (nSPS) is 18.1. The second-order valence-corrected chi connectivity index (χ2v) is 8.93. The Hall–Kier alpha value is -2.53. The van der Waals surface area contributed by atoms with Crippen molar-refractivity contribution >= 4 is 23.1 Å². The highest BCUT2D eigenvalue weighted by Crippen LogP contribution is 2.42. The molecule has 1 N–H and O–H groups in total. The van der Waals surface area contributed by atoms with Crippen molar-refractivity contribution in [2.24, 2.45) is 0 Å². The molecule has 1 aromatic carbocycles. The van der Waals surface area contributed by atoms with Gasteiger partial charge in [0.05, 0.1) is 12.6 Å². The zero-order chi connectivity index (χ0) is 19.3. The predicted molar refractivity (Wildman–Crippen MR) is 114 cm³/mol. The van der Waals surface area contributed by atoms with Gasteiger partial charge in [-0.1, -0.05) is 18.2 Å². The van der Waals surface area contributed by atoms with Gasteiger partial charge in [0, 0.05) is 28.0 Å². The number of benzene rings is 1. The van der Waals surface area contributed by atoms with Gasteiger partial charge in [-0.3, -0.25) is 0 Å². The number of hydrogen-bond donors (Lipinski definition) is 1. The molecule has 144 valence electrons. The number of aromatic nitrogens is 1. The number of anilines is 1. The standard InChI is InChI=1S/C23H25N3OS/c1-15-8-3-5-10-19(15)24-23(27)26-14-18-17-9-4-6-12-21(17)28-22(18)25-13-7-11-20(25)16(26)2/h3,5,7-8,10-11,13,16H,4,6,9,12,14H2,1-2H3,(H,24,27). The van der Waals surface area contributed by atoms with E-state index < -0.39 is 0 Å². The molecule has 0 saturated heterocycles. The van der Waals surface area contributed by atoms with Crippen molar-refractivity contribution in [2.45, 2.75) is 52.1 Å². The monoisotopic (exact) mass is 391 g/mol. The number of nitrogens with zero attached hydrogens (tertiary/aromatic N) is 2. The number of carbonyl (C=O) groups excluding carboxylic acids is 1. The first-order valence-electron chi connectivity index (χ1n) is 10.1. The van der Waals surface area contributed by atoms with Crippen LogP contribution in [0.25, 0.3) is 5.00 Å². The lowest BCUT2D eigenvalue weighted by atomic mass is 9.95. The lowest BCUT2D eigenvalue weighted by molar-refractivity contribution is 0.189. The molecule has 0 spiro atoms. The van der Waals surface area contributed by atoms with E-state index in [1.54, 1.807) is 0 Å². The van der Waals surface area contributed by atoms with Crippen LogP contribution in [0.1, 0.15) is 53.1 Å². The molecule has 0 radical (unpaired) electrons. The van der Waals surface area contributed by atoms with E-state index in [4.69, 9.17) is 0 Å². The molecule has 1 aliphatic heterocycles. The summed E-state index contributed by atoms with van der Waals surface area (Å²) in [5, 5.41) is 4.46. The minimum absolute atomic E-state index is 0.0119. The van der Waals surface area contributed by atoms with E-state index in [-0.39, 0.29) is 12.1 Å². The van der Waals surface area contributed by atoms with Crippen molar-refractivity contribution in [1.82, 2.24) is 9.47 Å². The first-order valence-corrected chi connectivity index (χ1v) is 10.9. The molecule has 2 aliphatic rings. The van der Waals surface area contributed by atoms with Crippen LogP contribution in [0.3, 0.4) is 0 Å². The van der Waals surface area contributed by atoms with E-state index in [1.807, 2.05) is 47.4 Å². The lowest BCUT2D eigenvalue weighted by Crippen LogP contribution is -2.36. The summed E-state index contributed by atoms with van der Waals surface area (Å²) in [7, 11) is 0. The number of nitrogens with one attached hydrogen (secondary N) is 1. The Morgan fingerprint density at radius 3 is 2.79 bits per heavy atom. The van der Waals surface area contributed by atoms with E-state index in [0.717, 1.165) is 17.7 Å². The van der Waals surface area contributed by atoms with Crippen molar-refractivity contribution in [3.63, 3.8) is 0 Å². The highest BCUT2D eigenvalue weighted by molar-refractivity contribution is 7.15. The Bertz CT molecular complexity index is 1050. The van der Waals surface area contributed by atoms with E-state index in [2.05, 4.69) is 35.1 Å². The van der Waals surface area contributed by atoms with Gasteiger partial charge in [-0.15, -0.1) is 11.3 Å². The van der Waals surface area contributed by atoms with Gasteiger partial charge in [-0.25, -0.2) is 4.79 Å². The third kappa shape index (κ3) is 2.76. The molecule has 3 aromatic rings. The average molecular weight is 392 g/mol. The van der Waals surface area contributed by atoms with Crippen molar-refractivity contribution in [3.05, 3.63) is 69.9 Å². The lowest BCUT2D eigenvalue weighted by Gasteiger charge is -2.28. The van der Waals surface area contributed by atoms with Gasteiger partial charge >= 0.3 is 6.03 Å². The van der Waals surface area contributed by atoms with Gasteiger partial charge in [-0.05, 0) is 68.9 Å². The SMILES string of the molecule is Cc1ccccc1NC(=O)N1Cc2c(sc3c2CCCC3)-n2cccc2C1C. The summed E-state index contributed by atoms with van der Waals surface area (Å²) < 4.78 is 2.31. The summed E-state index contributed by atoms with van der Waals surface area (Å²) in [6, 6.07) is 12.2. The molecule has 1 atom stereocenters. The first-order chi connectivity index (χ1) is 13.6. The molecule has 2 amide bonds. The minimum Gasteiger partial charge on any atom is -0.312 e. The number of hydrogen-bond acceptors (Lipinski definition) is 2. The molecule has 0 bridgehead atoms. The van der Waals surface area contributed by atoms with Crippen molar-refractivity contribution < 1.29 is 4.79 Å². The number of thiophene rings is 1. The third-order valence-corrected chi connectivity index (χ3v) is 7.46. The van der Waals surface area contributed by atoms with Crippen LogP contribution in [0.4, 0.5) is 10.5 Å². The Balaban J connectivity index is 1.56. The first kappa shape index (κ1) is 17.6. The van der Waals surface area contributed by atoms with E-state index in [1.165, 1.54) is 46.0 Å². The summed E-state index contributed by atoms with van der Waals surface area (Å²) in [6.07, 6.45) is 6.99. The zero-order valence-electron chi connectivity index (χ0n) is 16.4. The second-order valence-electron chi connectivity index (χ2n) is 7.85. The van der Waals surface area contributed by atoms with Crippen molar-refractivity contribution in [3.8, 4) is 5.00 Å². The Morgan fingerprint density at radius 2 is 1.93 bits per heavy atom. The quantitative estimate of drug-likeness (QED) is 0.556. The smallest absolute Gasteiger partial charge is 0.312 e. The van der Waals surface area contributed by atoms with Crippen LogP contribution in [-0.4, -0.2) is 15.5 Å². The summed E-state index contributed by atoms with van der Waals surface area (Å²) >= 11 is 1.93. The highest BCUT2D eigenvalue weighted by atomic mass is 32.1. The Kier molecular flexibility index (Phi) is 4.27. The third-order valence-electron chi connectivity index (χ3n) is 6.13. The zero-order valence-corrected chi connectivity index (χ0v) is 17.2. The van der Waals surface area contributed by atoms with E-state index in [9.17, 15) is 4.79 Å². The summed E-state index contributed by atoms with van der Waals surface area (Å²) in [4.78, 5) is 16.8. The fourth-order valence-electron chi connectivity index (χ4n) is 4.51. The summed E-state index contributed by atoms with van der Waals surface area (Å²) in [5.41, 5.74) is 5.98. The van der Waals surface area contributed by atoms with Crippen LogP contribution in [0.2, 0.25) is 0 Å². The van der Waals surface area contributed by atoms with Gasteiger partial charge < -0.3 is 14.8 Å². The molecule has 5 heteroatoms. The number of rotatable bonds is 1. The van der Waals surface area contributed by atoms with Crippen LogP contribution in [0.15, 0.2) is 42.6 Å². The van der Waals surface area contributed by atoms with Gasteiger partial charge in [0.1, 0.15) is 5.00 Å². The molecular formula is C23H25N3OS. The van der Waals surface area contributed by atoms with Crippen LogP contribution < -0.4 is 5.32 Å². The highest BCUT2D eigenvalue weighted by Gasteiger charge is 2.33. The second kappa shape index (κ2) is 6.82. The summed E-state index contributed by atoms with van der Waals surface area (Å²) in [6.45, 7) is 4.83. The minimum atomic E-state index is -0.0295. The number of fused-ring (bicyclic) bond motifs is 5. The number of aryl methyl sites for hydroxylation is 2. The maximum atomic E-state index is 13.3. The topological polar surface area (TPSA) is 37.3 Å². The van der Waals surface area contributed by atoms with Crippen LogP contribution >= 0.6 is 11.3 Å². The number of urea groups is 1. The average Bonchev–Trinajstić information content (AvgIpc) is 3.29. The van der Waals surface area contributed by atoms with Gasteiger partial charge in [0.15, 0.2) is 0 Å². The molecule has 1 unspecified atom stereocenters. The molecule has 0 fully saturated rings. The molecule has 28 heavy (non-hydrogen) atoms. The fraction of sp³-hybridized carbons (Fsp3) is 0.348. The molecule has 2 aromatic heterocycles. The number of carbonyl (C=O) groups is 1. The van der Waals surface area contributed by atoms with Crippen LogP contribution in [-0.2, 0) is 19.4 Å². The van der Waals surface area contributed by atoms with Gasteiger partial charge in [-0.2, -0.15) is 0 Å². The Labute approximate surface area is 169 Å². The van der Waals surface area contributed by atoms with Gasteiger partial charge in [0.2, 0.25) is 0 Å². The molecule has 1 aliphatic carbocycles. The molecule has 4 nitrogen and oxygen atoms in total. The Morgan fingerprint density at radius 1 is 1.11 bits per heavy atom. The number of para-hydroxylation sites is 1. The van der Waals surface area contributed by atoms with E-state index in [0.29, 0.717) is 6.54 Å². The summed E-state index contributed by atoms with van der Waals surface area (Å²) in [5.74, 6) is 0. The number of amides is 2. The maximum Gasteiger partial charge on any atom is 0.322 e. The van der Waals surface area contributed by atoms with E-state index >= 15 is 0 Å². The van der Waals surface area contributed by atoms with Crippen molar-refractivity contribution in [2.75, 3.05) is 5.32 Å². The van der Waals surface area contributed by atoms with Crippen LogP contribution in [0, 0.1) is 6.92 Å². The fourth-order valence-corrected chi connectivity index (χ4v) is 5.91. The molecule has 5 rings (SSSR count). The molecule has 3 heterocycles. The predicted octanol–water partition coefficient (Wildman–Crippen LogP) is 5.83. The van der Waals surface area contributed by atoms with Crippen molar-refractivity contribution in [1.29, 1.82) is 0 Å². The maximum absolute atomic E-state index is 13.3. The largest absolute Gasteiger partial charge is 0.322 e. The van der Waals surface area contributed by atoms with Crippen LogP contribution in [0.5, 0.6) is 0 Å². The molecular weight excluding hydrogens is 366 g/mol. The molecule has 0 saturated carbocycles. The van der Waals surface area contributed by atoms with Gasteiger partial charge in [0.25, 0.3) is 0 Å².